The van der Waals surface area contributed by atoms with Crippen LogP contribution in [0.5, 0.6) is 0 Å². The lowest BCUT2D eigenvalue weighted by Gasteiger charge is -2.23. The summed E-state index contributed by atoms with van der Waals surface area (Å²) in [4.78, 5) is 38.0. The fraction of sp³-hybridized carbons (Fsp3) is 0.286. The van der Waals surface area contributed by atoms with E-state index >= 15 is 0 Å². The molecule has 2 aromatic rings. The van der Waals surface area contributed by atoms with E-state index in [-0.39, 0.29) is 18.3 Å². The SMILES string of the molecule is CC(=O)c1cccc(NC(=O)C2CCCN2C(=O)OCc2ccccc2)c1. The number of ketones is 1. The molecule has 0 spiro atoms. The van der Waals surface area contributed by atoms with Crippen LogP contribution in [0, 0.1) is 0 Å². The van der Waals surface area contributed by atoms with E-state index in [2.05, 4.69) is 5.32 Å². The predicted octanol–water partition coefficient (Wildman–Crippen LogP) is 3.63. The Kier molecular flexibility index (Phi) is 5.86. The lowest BCUT2D eigenvalue weighted by molar-refractivity contribution is -0.120. The molecular formula is C21H22N2O4. The number of likely N-dealkylation sites (tertiary alicyclic amines) is 1. The second-order valence-electron chi connectivity index (χ2n) is 6.52. The molecule has 2 amide bonds. The molecular weight excluding hydrogens is 344 g/mol. The third-order valence-electron chi connectivity index (χ3n) is 4.53. The number of rotatable bonds is 5. The highest BCUT2D eigenvalue weighted by Gasteiger charge is 2.35. The van der Waals surface area contributed by atoms with Crippen LogP contribution in [0.25, 0.3) is 0 Å². The summed E-state index contributed by atoms with van der Waals surface area (Å²) in [6, 6.07) is 15.6. The van der Waals surface area contributed by atoms with Gasteiger partial charge in [0.15, 0.2) is 5.78 Å². The second-order valence-corrected chi connectivity index (χ2v) is 6.52. The molecule has 0 bridgehead atoms. The normalized spacial score (nSPS) is 16.0. The summed E-state index contributed by atoms with van der Waals surface area (Å²) in [5, 5.41) is 2.80. The second kappa shape index (κ2) is 8.49. The highest BCUT2D eigenvalue weighted by molar-refractivity contribution is 5.99. The summed E-state index contributed by atoms with van der Waals surface area (Å²) >= 11 is 0. The van der Waals surface area contributed by atoms with Crippen LogP contribution in [0.15, 0.2) is 54.6 Å². The third-order valence-corrected chi connectivity index (χ3v) is 4.53. The molecule has 2 aromatic carbocycles. The fourth-order valence-electron chi connectivity index (χ4n) is 3.10. The van der Waals surface area contributed by atoms with Gasteiger partial charge in [-0.15, -0.1) is 0 Å². The van der Waals surface area contributed by atoms with Gasteiger partial charge in [-0.05, 0) is 37.5 Å². The predicted molar refractivity (Wildman–Crippen MR) is 101 cm³/mol. The van der Waals surface area contributed by atoms with Crippen molar-refractivity contribution in [2.24, 2.45) is 0 Å². The molecule has 3 rings (SSSR count). The number of carbonyl (C=O) groups is 3. The van der Waals surface area contributed by atoms with E-state index < -0.39 is 12.1 Å². The highest BCUT2D eigenvalue weighted by Crippen LogP contribution is 2.21. The molecule has 0 saturated carbocycles. The maximum atomic E-state index is 12.6. The third kappa shape index (κ3) is 4.73. The summed E-state index contributed by atoms with van der Waals surface area (Å²) in [7, 11) is 0. The molecule has 1 N–H and O–H groups in total. The van der Waals surface area contributed by atoms with Gasteiger partial charge in [-0.2, -0.15) is 0 Å². The van der Waals surface area contributed by atoms with Crippen LogP contribution in [0.1, 0.15) is 35.7 Å². The first-order chi connectivity index (χ1) is 13.0. The molecule has 1 unspecified atom stereocenters. The minimum absolute atomic E-state index is 0.0712. The van der Waals surface area contributed by atoms with Crippen LogP contribution >= 0.6 is 0 Å². The van der Waals surface area contributed by atoms with Crippen molar-refractivity contribution >= 4 is 23.5 Å². The van der Waals surface area contributed by atoms with Gasteiger partial charge in [0.25, 0.3) is 0 Å². The molecule has 1 atom stereocenters. The van der Waals surface area contributed by atoms with Crippen LogP contribution in [0.4, 0.5) is 10.5 Å². The van der Waals surface area contributed by atoms with E-state index in [9.17, 15) is 14.4 Å². The Morgan fingerprint density at radius 2 is 1.89 bits per heavy atom. The van der Waals surface area contributed by atoms with Gasteiger partial charge in [-0.3, -0.25) is 14.5 Å². The molecule has 1 saturated heterocycles. The van der Waals surface area contributed by atoms with E-state index in [1.807, 2.05) is 30.3 Å². The zero-order chi connectivity index (χ0) is 19.2. The number of carbonyl (C=O) groups excluding carboxylic acids is 3. The smallest absolute Gasteiger partial charge is 0.410 e. The Balaban J connectivity index is 1.61. The Morgan fingerprint density at radius 1 is 1.11 bits per heavy atom. The summed E-state index contributed by atoms with van der Waals surface area (Å²) in [6.07, 6.45) is 0.832. The summed E-state index contributed by atoms with van der Waals surface area (Å²) in [5.74, 6) is -0.344. The quantitative estimate of drug-likeness (QED) is 0.820. The number of amides is 2. The average Bonchev–Trinajstić information content (AvgIpc) is 3.17. The average molecular weight is 366 g/mol. The first-order valence-electron chi connectivity index (χ1n) is 8.94. The lowest BCUT2D eigenvalue weighted by atomic mass is 10.1. The Labute approximate surface area is 158 Å². The topological polar surface area (TPSA) is 75.7 Å². The van der Waals surface area contributed by atoms with E-state index in [4.69, 9.17) is 4.74 Å². The number of hydrogen-bond acceptors (Lipinski definition) is 4. The van der Waals surface area contributed by atoms with Gasteiger partial charge in [-0.25, -0.2) is 4.79 Å². The van der Waals surface area contributed by atoms with Gasteiger partial charge in [0.1, 0.15) is 12.6 Å². The van der Waals surface area contributed by atoms with Crippen LogP contribution < -0.4 is 5.32 Å². The summed E-state index contributed by atoms with van der Waals surface area (Å²) < 4.78 is 5.36. The van der Waals surface area contributed by atoms with Crippen molar-refractivity contribution in [2.75, 3.05) is 11.9 Å². The van der Waals surface area contributed by atoms with Crippen molar-refractivity contribution in [2.45, 2.75) is 32.4 Å². The van der Waals surface area contributed by atoms with Crippen LogP contribution in [0.3, 0.4) is 0 Å². The minimum Gasteiger partial charge on any atom is -0.445 e. The molecule has 6 nitrogen and oxygen atoms in total. The minimum atomic E-state index is -0.575. The fourth-order valence-corrected chi connectivity index (χ4v) is 3.10. The number of hydrogen-bond donors (Lipinski definition) is 1. The van der Waals surface area contributed by atoms with Crippen molar-refractivity contribution in [3.05, 3.63) is 65.7 Å². The van der Waals surface area contributed by atoms with Crippen molar-refractivity contribution in [3.63, 3.8) is 0 Å². The van der Waals surface area contributed by atoms with Gasteiger partial charge in [0, 0.05) is 17.8 Å². The molecule has 1 heterocycles. The number of ether oxygens (including phenoxy) is 1. The lowest BCUT2D eigenvalue weighted by Crippen LogP contribution is -2.43. The first-order valence-corrected chi connectivity index (χ1v) is 8.94. The molecule has 1 aliphatic heterocycles. The molecule has 1 fully saturated rings. The van der Waals surface area contributed by atoms with E-state index in [1.54, 1.807) is 24.3 Å². The first kappa shape index (κ1) is 18.6. The monoisotopic (exact) mass is 366 g/mol. The number of benzene rings is 2. The van der Waals surface area contributed by atoms with Crippen molar-refractivity contribution in [3.8, 4) is 0 Å². The largest absolute Gasteiger partial charge is 0.445 e. The molecule has 0 radical (unpaired) electrons. The number of Topliss-reactive ketones (excluding diaryl/α,β-unsaturated/α-hetero) is 1. The molecule has 27 heavy (non-hydrogen) atoms. The highest BCUT2D eigenvalue weighted by atomic mass is 16.6. The van der Waals surface area contributed by atoms with Gasteiger partial charge in [0.2, 0.25) is 5.91 Å². The van der Waals surface area contributed by atoms with Crippen LogP contribution in [-0.2, 0) is 16.1 Å². The van der Waals surface area contributed by atoms with Gasteiger partial charge < -0.3 is 10.1 Å². The maximum absolute atomic E-state index is 12.6. The molecule has 0 aliphatic carbocycles. The standard InChI is InChI=1S/C21H22N2O4/c1-15(24)17-9-5-10-18(13-17)22-20(25)19-11-6-12-23(19)21(26)27-14-16-7-3-2-4-8-16/h2-5,7-10,13,19H,6,11-12,14H2,1H3,(H,22,25). The molecule has 140 valence electrons. The van der Waals surface area contributed by atoms with E-state index in [0.717, 1.165) is 12.0 Å². The summed E-state index contributed by atoms with van der Waals surface area (Å²) in [6.45, 7) is 2.13. The van der Waals surface area contributed by atoms with Crippen molar-refractivity contribution < 1.29 is 19.1 Å². The van der Waals surface area contributed by atoms with Gasteiger partial charge in [-0.1, -0.05) is 42.5 Å². The number of nitrogens with zero attached hydrogens (tertiary/aromatic N) is 1. The van der Waals surface area contributed by atoms with Crippen molar-refractivity contribution in [1.29, 1.82) is 0 Å². The Morgan fingerprint density at radius 3 is 2.63 bits per heavy atom. The zero-order valence-corrected chi connectivity index (χ0v) is 15.2. The zero-order valence-electron chi connectivity index (χ0n) is 15.2. The van der Waals surface area contributed by atoms with Crippen LogP contribution in [0.2, 0.25) is 0 Å². The molecule has 0 aromatic heterocycles. The van der Waals surface area contributed by atoms with Crippen molar-refractivity contribution in [1.82, 2.24) is 4.90 Å². The molecule has 1 aliphatic rings. The van der Waals surface area contributed by atoms with E-state index in [1.165, 1.54) is 11.8 Å². The molecule has 6 heteroatoms. The van der Waals surface area contributed by atoms with E-state index in [0.29, 0.717) is 24.2 Å². The summed E-state index contributed by atoms with van der Waals surface area (Å²) in [5.41, 5.74) is 1.96. The van der Waals surface area contributed by atoms with Gasteiger partial charge in [0.05, 0.1) is 0 Å². The maximum Gasteiger partial charge on any atom is 0.410 e. The van der Waals surface area contributed by atoms with Gasteiger partial charge >= 0.3 is 6.09 Å². The number of anilines is 1. The Bertz CT molecular complexity index is 835. The van der Waals surface area contributed by atoms with Crippen LogP contribution in [-0.4, -0.2) is 35.3 Å². The Hall–Kier alpha value is -3.15. The number of nitrogens with one attached hydrogen (secondary N) is 1.